The minimum absolute atomic E-state index is 0.146. The van der Waals surface area contributed by atoms with Crippen molar-refractivity contribution in [1.29, 1.82) is 5.26 Å². The Balaban J connectivity index is 2.33. The molecule has 2 aromatic rings. The molecule has 0 fully saturated rings. The zero-order chi connectivity index (χ0) is 13.7. The third-order valence-corrected chi connectivity index (χ3v) is 3.30. The van der Waals surface area contributed by atoms with E-state index in [0.29, 0.717) is 5.56 Å². The summed E-state index contributed by atoms with van der Waals surface area (Å²) in [6.45, 7) is 0. The van der Waals surface area contributed by atoms with Crippen LogP contribution in [0.15, 0.2) is 60.2 Å². The number of benzene rings is 2. The quantitative estimate of drug-likeness (QED) is 0.359. The van der Waals surface area contributed by atoms with E-state index in [0.717, 1.165) is 9.13 Å². The Kier molecular flexibility index (Phi) is 4.48. The van der Waals surface area contributed by atoms with Crippen LogP contribution in [-0.2, 0) is 0 Å². The van der Waals surface area contributed by atoms with Crippen molar-refractivity contribution in [2.45, 2.75) is 0 Å². The normalized spacial score (nSPS) is 10.8. The average molecular weight is 359 g/mol. The van der Waals surface area contributed by atoms with Crippen LogP contribution in [0.4, 0.5) is 0 Å². The van der Waals surface area contributed by atoms with E-state index in [9.17, 15) is 4.79 Å². The van der Waals surface area contributed by atoms with Crippen LogP contribution in [0.2, 0.25) is 0 Å². The number of halogens is 1. The molecule has 0 bridgehead atoms. The zero-order valence-corrected chi connectivity index (χ0v) is 12.2. The minimum atomic E-state index is -0.248. The molecular weight excluding hydrogens is 349 g/mol. The highest BCUT2D eigenvalue weighted by Crippen LogP contribution is 2.14. The molecule has 0 radical (unpaired) electrons. The lowest BCUT2D eigenvalue weighted by molar-refractivity contribution is 0.104. The number of ketones is 1. The molecule has 0 saturated carbocycles. The van der Waals surface area contributed by atoms with E-state index in [1.165, 1.54) is 0 Å². The topological polar surface area (TPSA) is 40.9 Å². The van der Waals surface area contributed by atoms with E-state index in [1.54, 1.807) is 30.3 Å². The molecule has 0 aromatic heterocycles. The van der Waals surface area contributed by atoms with Crippen molar-refractivity contribution in [2.24, 2.45) is 0 Å². The summed E-state index contributed by atoms with van der Waals surface area (Å²) in [7, 11) is 0. The third kappa shape index (κ3) is 3.52. The lowest BCUT2D eigenvalue weighted by Crippen LogP contribution is -2.01. The first-order valence-corrected chi connectivity index (χ1v) is 6.75. The summed E-state index contributed by atoms with van der Waals surface area (Å²) in [5.74, 6) is -0.248. The van der Waals surface area contributed by atoms with Crippen LogP contribution in [-0.4, -0.2) is 5.78 Å². The van der Waals surface area contributed by atoms with Gasteiger partial charge in [-0.3, -0.25) is 4.79 Å². The summed E-state index contributed by atoms with van der Waals surface area (Å²) < 4.78 is 1.11. The molecule has 19 heavy (non-hydrogen) atoms. The molecule has 0 aliphatic rings. The van der Waals surface area contributed by atoms with E-state index >= 15 is 0 Å². The smallest absolute Gasteiger partial charge is 0.203 e. The maximum absolute atomic E-state index is 12.2. The van der Waals surface area contributed by atoms with Crippen molar-refractivity contribution in [1.82, 2.24) is 0 Å². The molecular formula is C16H10INO. The second-order valence-electron chi connectivity index (χ2n) is 3.92. The van der Waals surface area contributed by atoms with Crippen molar-refractivity contribution in [2.75, 3.05) is 0 Å². The van der Waals surface area contributed by atoms with Gasteiger partial charge in [-0.05, 0) is 46.4 Å². The lowest BCUT2D eigenvalue weighted by atomic mass is 10.0. The van der Waals surface area contributed by atoms with Crippen molar-refractivity contribution < 1.29 is 4.79 Å². The molecule has 0 aliphatic carbocycles. The molecule has 0 atom stereocenters. The van der Waals surface area contributed by atoms with Gasteiger partial charge < -0.3 is 0 Å². The number of rotatable bonds is 3. The molecule has 2 aromatic carbocycles. The largest absolute Gasteiger partial charge is 0.288 e. The lowest BCUT2D eigenvalue weighted by Gasteiger charge is -1.99. The standard InChI is InChI=1S/C16H10INO/c17-15-8-6-12(7-9-15)10-14(11-18)16(19)13-4-2-1-3-5-13/h1-10H/b14-10+. The molecule has 0 heterocycles. The van der Waals surface area contributed by atoms with Crippen LogP contribution < -0.4 is 0 Å². The van der Waals surface area contributed by atoms with Crippen molar-refractivity contribution in [3.63, 3.8) is 0 Å². The molecule has 0 aliphatic heterocycles. The summed E-state index contributed by atoms with van der Waals surface area (Å²) >= 11 is 2.21. The average Bonchev–Trinajstić information content (AvgIpc) is 2.47. The molecule has 0 amide bonds. The van der Waals surface area contributed by atoms with Crippen molar-refractivity contribution in [3.8, 4) is 6.07 Å². The fourth-order valence-corrected chi connectivity index (χ4v) is 1.98. The van der Waals surface area contributed by atoms with Crippen LogP contribution in [0, 0.1) is 14.9 Å². The van der Waals surface area contributed by atoms with Crippen LogP contribution in [0.1, 0.15) is 15.9 Å². The number of Topliss-reactive ketones (excluding diaryl/α,β-unsaturated/α-hetero) is 1. The van der Waals surface area contributed by atoms with Gasteiger partial charge in [-0.1, -0.05) is 42.5 Å². The van der Waals surface area contributed by atoms with Crippen LogP contribution in [0.3, 0.4) is 0 Å². The monoisotopic (exact) mass is 359 g/mol. The molecule has 2 nitrogen and oxygen atoms in total. The van der Waals surface area contributed by atoms with Gasteiger partial charge in [0, 0.05) is 9.13 Å². The molecule has 0 unspecified atom stereocenters. The van der Waals surface area contributed by atoms with Gasteiger partial charge in [0.2, 0.25) is 5.78 Å². The van der Waals surface area contributed by atoms with E-state index < -0.39 is 0 Å². The molecule has 0 N–H and O–H groups in total. The number of allylic oxidation sites excluding steroid dienone is 1. The van der Waals surface area contributed by atoms with Gasteiger partial charge in [0.1, 0.15) is 11.6 Å². The number of hydrogen-bond acceptors (Lipinski definition) is 2. The summed E-state index contributed by atoms with van der Waals surface area (Å²) in [5, 5.41) is 9.13. The van der Waals surface area contributed by atoms with Crippen LogP contribution in [0.25, 0.3) is 6.08 Å². The number of nitriles is 1. The van der Waals surface area contributed by atoms with Crippen molar-refractivity contribution >= 4 is 34.5 Å². The number of carbonyl (C=O) groups is 1. The Morgan fingerprint density at radius 3 is 2.26 bits per heavy atom. The number of hydrogen-bond donors (Lipinski definition) is 0. The fraction of sp³-hybridized carbons (Fsp3) is 0. The Bertz CT molecular complexity index is 651. The Labute approximate surface area is 125 Å². The van der Waals surface area contributed by atoms with Crippen molar-refractivity contribution in [3.05, 3.63) is 74.9 Å². The SMILES string of the molecule is N#C/C(=C\c1ccc(I)cc1)C(=O)c1ccccc1. The van der Waals surface area contributed by atoms with E-state index in [4.69, 9.17) is 5.26 Å². The molecule has 3 heteroatoms. The van der Waals surface area contributed by atoms with Gasteiger partial charge in [0.15, 0.2) is 0 Å². The number of nitrogens with zero attached hydrogens (tertiary/aromatic N) is 1. The molecule has 92 valence electrons. The predicted octanol–water partition coefficient (Wildman–Crippen LogP) is 4.08. The Hall–Kier alpha value is -1.93. The molecule has 2 rings (SSSR count). The summed E-state index contributed by atoms with van der Waals surface area (Å²) in [5.41, 5.74) is 1.52. The molecule has 0 saturated heterocycles. The van der Waals surface area contributed by atoms with Gasteiger partial charge in [0.25, 0.3) is 0 Å². The second-order valence-corrected chi connectivity index (χ2v) is 5.16. The van der Waals surface area contributed by atoms with Gasteiger partial charge >= 0.3 is 0 Å². The second kappa shape index (κ2) is 6.30. The summed E-state index contributed by atoms with van der Waals surface area (Å²) in [6.07, 6.45) is 1.62. The highest BCUT2D eigenvalue weighted by atomic mass is 127. The maximum atomic E-state index is 12.2. The van der Waals surface area contributed by atoms with E-state index in [1.807, 2.05) is 36.4 Å². The Morgan fingerprint density at radius 2 is 1.68 bits per heavy atom. The van der Waals surface area contributed by atoms with Gasteiger partial charge in [-0.25, -0.2) is 0 Å². The minimum Gasteiger partial charge on any atom is -0.288 e. The Morgan fingerprint density at radius 1 is 1.05 bits per heavy atom. The highest BCUT2D eigenvalue weighted by molar-refractivity contribution is 14.1. The first-order valence-electron chi connectivity index (χ1n) is 5.68. The van der Waals surface area contributed by atoms with Crippen LogP contribution in [0.5, 0.6) is 0 Å². The first-order chi connectivity index (χ1) is 9.20. The summed E-state index contributed by atoms with van der Waals surface area (Å²) in [4.78, 5) is 12.2. The van der Waals surface area contributed by atoms with Gasteiger partial charge in [-0.2, -0.15) is 5.26 Å². The highest BCUT2D eigenvalue weighted by Gasteiger charge is 2.11. The van der Waals surface area contributed by atoms with Gasteiger partial charge in [-0.15, -0.1) is 0 Å². The first kappa shape index (κ1) is 13.5. The summed E-state index contributed by atoms with van der Waals surface area (Å²) in [6, 6.07) is 18.5. The van der Waals surface area contributed by atoms with Crippen LogP contribution >= 0.6 is 22.6 Å². The fourth-order valence-electron chi connectivity index (χ4n) is 1.62. The third-order valence-electron chi connectivity index (χ3n) is 2.58. The van der Waals surface area contributed by atoms with E-state index in [-0.39, 0.29) is 11.4 Å². The zero-order valence-electron chi connectivity index (χ0n) is 10.0. The maximum Gasteiger partial charge on any atom is 0.203 e. The molecule has 0 spiro atoms. The van der Waals surface area contributed by atoms with Gasteiger partial charge in [0.05, 0.1) is 0 Å². The predicted molar refractivity (Wildman–Crippen MR) is 83.5 cm³/mol. The van der Waals surface area contributed by atoms with E-state index in [2.05, 4.69) is 22.6 Å². The number of carbonyl (C=O) groups excluding carboxylic acids is 1.